The highest BCUT2D eigenvalue weighted by Crippen LogP contribution is 2.22. The van der Waals surface area contributed by atoms with E-state index in [9.17, 15) is 13.2 Å². The highest BCUT2D eigenvalue weighted by atomic mass is 19.4. The first kappa shape index (κ1) is 15.8. The number of ether oxygens (including phenoxy) is 1. The van der Waals surface area contributed by atoms with Gasteiger partial charge in [-0.25, -0.2) is 0 Å². The van der Waals surface area contributed by atoms with Gasteiger partial charge in [0, 0.05) is 19.2 Å². The van der Waals surface area contributed by atoms with Crippen molar-refractivity contribution in [3.05, 3.63) is 29.8 Å². The Morgan fingerprint density at radius 2 is 1.89 bits per heavy atom. The van der Waals surface area contributed by atoms with Crippen LogP contribution in [0.5, 0.6) is 5.75 Å². The molecule has 0 heterocycles. The fourth-order valence-corrected chi connectivity index (χ4v) is 1.68. The van der Waals surface area contributed by atoms with E-state index in [4.69, 9.17) is 5.11 Å². The zero-order chi connectivity index (χ0) is 14.3. The Balaban J connectivity index is 2.48. The van der Waals surface area contributed by atoms with Gasteiger partial charge in [-0.1, -0.05) is 19.1 Å². The summed E-state index contributed by atoms with van der Waals surface area (Å²) in [7, 11) is 0. The number of hydrogen-bond acceptors (Lipinski definition) is 3. The van der Waals surface area contributed by atoms with Gasteiger partial charge in [-0.05, 0) is 30.5 Å². The van der Waals surface area contributed by atoms with Crippen molar-refractivity contribution in [1.29, 1.82) is 0 Å². The number of benzene rings is 1. The van der Waals surface area contributed by atoms with Crippen molar-refractivity contribution < 1.29 is 23.0 Å². The van der Waals surface area contributed by atoms with Crippen molar-refractivity contribution in [2.24, 2.45) is 0 Å². The summed E-state index contributed by atoms with van der Waals surface area (Å²) in [6, 6.07) is 5.95. The lowest BCUT2D eigenvalue weighted by atomic mass is 10.1. The van der Waals surface area contributed by atoms with E-state index in [-0.39, 0.29) is 18.4 Å². The first-order valence-electron chi connectivity index (χ1n) is 6.13. The second-order valence-electron chi connectivity index (χ2n) is 4.19. The van der Waals surface area contributed by atoms with Crippen LogP contribution in [0.2, 0.25) is 0 Å². The summed E-state index contributed by atoms with van der Waals surface area (Å²) in [6.45, 7) is 2.67. The third-order valence-corrected chi connectivity index (χ3v) is 2.72. The third kappa shape index (κ3) is 6.45. The number of nitrogens with one attached hydrogen (secondary N) is 1. The Hall–Kier alpha value is -1.27. The molecule has 1 aromatic carbocycles. The van der Waals surface area contributed by atoms with Gasteiger partial charge >= 0.3 is 6.36 Å². The van der Waals surface area contributed by atoms with Crippen LogP contribution in [0, 0.1) is 0 Å². The van der Waals surface area contributed by atoms with E-state index in [2.05, 4.69) is 10.1 Å². The standard InChI is InChI=1S/C13H18F3NO2/c1-2-11(7-8-18)17-9-10-3-5-12(6-4-10)19-13(14,15)16/h3-6,11,17-18H,2,7-9H2,1H3. The van der Waals surface area contributed by atoms with Gasteiger partial charge in [-0.15, -0.1) is 13.2 Å². The molecule has 0 aliphatic heterocycles. The lowest BCUT2D eigenvalue weighted by Gasteiger charge is -2.16. The molecule has 1 unspecified atom stereocenters. The number of rotatable bonds is 7. The molecule has 0 spiro atoms. The molecule has 3 nitrogen and oxygen atoms in total. The minimum absolute atomic E-state index is 0.115. The first-order chi connectivity index (χ1) is 8.94. The van der Waals surface area contributed by atoms with Gasteiger partial charge in [0.1, 0.15) is 5.75 Å². The SMILES string of the molecule is CCC(CCO)NCc1ccc(OC(F)(F)F)cc1. The van der Waals surface area contributed by atoms with Crippen LogP contribution in [0.4, 0.5) is 13.2 Å². The lowest BCUT2D eigenvalue weighted by molar-refractivity contribution is -0.274. The Kier molecular flexibility index (Phi) is 6.11. The molecule has 0 amide bonds. The molecule has 0 saturated carbocycles. The molecule has 0 aliphatic rings. The molecule has 2 N–H and O–H groups in total. The molecule has 1 rings (SSSR count). The average molecular weight is 277 g/mol. The summed E-state index contributed by atoms with van der Waals surface area (Å²) in [6.07, 6.45) is -3.12. The lowest BCUT2D eigenvalue weighted by Crippen LogP contribution is -2.28. The molecule has 0 fully saturated rings. The predicted octanol–water partition coefficient (Wildman–Crippen LogP) is 2.84. The van der Waals surface area contributed by atoms with Crippen LogP contribution in [0.25, 0.3) is 0 Å². The monoisotopic (exact) mass is 277 g/mol. The summed E-state index contributed by atoms with van der Waals surface area (Å²) in [5, 5.41) is 12.1. The maximum Gasteiger partial charge on any atom is 0.573 e. The summed E-state index contributed by atoms with van der Waals surface area (Å²) in [5.41, 5.74) is 0.867. The number of halogens is 3. The maximum atomic E-state index is 12.0. The number of aliphatic hydroxyl groups is 1. The van der Waals surface area contributed by atoms with Crippen molar-refractivity contribution in [1.82, 2.24) is 5.32 Å². The van der Waals surface area contributed by atoms with Crippen LogP contribution in [0.15, 0.2) is 24.3 Å². The second kappa shape index (κ2) is 7.35. The fraction of sp³-hybridized carbons (Fsp3) is 0.538. The van der Waals surface area contributed by atoms with E-state index in [1.165, 1.54) is 12.1 Å². The molecule has 0 bridgehead atoms. The number of aliphatic hydroxyl groups excluding tert-OH is 1. The van der Waals surface area contributed by atoms with Crippen molar-refractivity contribution >= 4 is 0 Å². The average Bonchev–Trinajstić information content (AvgIpc) is 2.34. The van der Waals surface area contributed by atoms with Crippen molar-refractivity contribution in [3.8, 4) is 5.75 Å². The topological polar surface area (TPSA) is 41.5 Å². The minimum atomic E-state index is -4.66. The Morgan fingerprint density at radius 3 is 2.37 bits per heavy atom. The molecule has 19 heavy (non-hydrogen) atoms. The van der Waals surface area contributed by atoms with E-state index < -0.39 is 6.36 Å². The van der Waals surface area contributed by atoms with Crippen LogP contribution in [-0.2, 0) is 6.54 Å². The number of alkyl halides is 3. The second-order valence-corrected chi connectivity index (χ2v) is 4.19. The van der Waals surface area contributed by atoms with Gasteiger partial charge < -0.3 is 15.2 Å². The molecule has 0 saturated heterocycles. The van der Waals surface area contributed by atoms with E-state index in [0.717, 1.165) is 12.0 Å². The van der Waals surface area contributed by atoms with E-state index in [0.29, 0.717) is 13.0 Å². The minimum Gasteiger partial charge on any atom is -0.406 e. The quantitative estimate of drug-likeness (QED) is 0.805. The molecular formula is C13H18F3NO2. The number of hydrogen-bond donors (Lipinski definition) is 2. The van der Waals surface area contributed by atoms with Crippen molar-refractivity contribution in [2.45, 2.75) is 38.7 Å². The van der Waals surface area contributed by atoms with Gasteiger partial charge in [0.05, 0.1) is 0 Å². The van der Waals surface area contributed by atoms with Crippen LogP contribution < -0.4 is 10.1 Å². The normalized spacial score (nSPS) is 13.3. The van der Waals surface area contributed by atoms with Crippen LogP contribution in [-0.4, -0.2) is 24.1 Å². The fourth-order valence-electron chi connectivity index (χ4n) is 1.68. The Morgan fingerprint density at radius 1 is 1.26 bits per heavy atom. The zero-order valence-corrected chi connectivity index (χ0v) is 10.7. The third-order valence-electron chi connectivity index (χ3n) is 2.72. The highest BCUT2D eigenvalue weighted by Gasteiger charge is 2.30. The van der Waals surface area contributed by atoms with Crippen LogP contribution >= 0.6 is 0 Å². The van der Waals surface area contributed by atoms with E-state index in [1.807, 2.05) is 6.92 Å². The molecular weight excluding hydrogens is 259 g/mol. The van der Waals surface area contributed by atoms with Crippen LogP contribution in [0.1, 0.15) is 25.3 Å². The molecule has 0 radical (unpaired) electrons. The smallest absolute Gasteiger partial charge is 0.406 e. The molecule has 6 heteroatoms. The molecule has 1 aromatic rings. The van der Waals surface area contributed by atoms with Crippen molar-refractivity contribution in [3.63, 3.8) is 0 Å². The molecule has 0 aliphatic carbocycles. The van der Waals surface area contributed by atoms with Gasteiger partial charge in [-0.3, -0.25) is 0 Å². The van der Waals surface area contributed by atoms with E-state index in [1.54, 1.807) is 12.1 Å². The summed E-state index contributed by atoms with van der Waals surface area (Å²) < 4.78 is 39.7. The van der Waals surface area contributed by atoms with Gasteiger partial charge in [0.2, 0.25) is 0 Å². The maximum absolute atomic E-state index is 12.0. The summed E-state index contributed by atoms with van der Waals surface area (Å²) in [5.74, 6) is -0.223. The molecule has 108 valence electrons. The highest BCUT2D eigenvalue weighted by molar-refractivity contribution is 5.27. The van der Waals surface area contributed by atoms with Gasteiger partial charge in [0.15, 0.2) is 0 Å². The summed E-state index contributed by atoms with van der Waals surface area (Å²) in [4.78, 5) is 0. The molecule has 0 aromatic heterocycles. The predicted molar refractivity (Wildman–Crippen MR) is 65.7 cm³/mol. The van der Waals surface area contributed by atoms with Crippen LogP contribution in [0.3, 0.4) is 0 Å². The van der Waals surface area contributed by atoms with Gasteiger partial charge in [0.25, 0.3) is 0 Å². The van der Waals surface area contributed by atoms with Crippen molar-refractivity contribution in [2.75, 3.05) is 6.61 Å². The van der Waals surface area contributed by atoms with Gasteiger partial charge in [-0.2, -0.15) is 0 Å². The summed E-state index contributed by atoms with van der Waals surface area (Å²) >= 11 is 0. The zero-order valence-electron chi connectivity index (χ0n) is 10.7. The Labute approximate surface area is 110 Å². The molecule has 1 atom stereocenters. The first-order valence-corrected chi connectivity index (χ1v) is 6.13. The Bertz CT molecular complexity index is 365. The largest absolute Gasteiger partial charge is 0.573 e. The van der Waals surface area contributed by atoms with E-state index >= 15 is 0 Å².